The molecule has 0 radical (unpaired) electrons. The number of carbonyl (C=O) groups is 8. The minimum absolute atomic E-state index is 0.0378. The molecule has 4 aromatic heterocycles. The maximum Gasteiger partial charge on any atom is 0.416 e. The lowest BCUT2D eigenvalue weighted by molar-refractivity contribution is -0.145. The third-order valence-electron chi connectivity index (χ3n) is 22.7. The Labute approximate surface area is 760 Å². The molecular weight excluding hydrogens is 1770 g/mol. The lowest BCUT2D eigenvalue weighted by Gasteiger charge is -2.37. The second kappa shape index (κ2) is 42.6. The van der Waals surface area contributed by atoms with Crippen LogP contribution in [0.4, 0.5) is 90.4 Å². The van der Waals surface area contributed by atoms with Gasteiger partial charge in [0, 0.05) is 148 Å². The summed E-state index contributed by atoms with van der Waals surface area (Å²) in [4.78, 5) is 126. The van der Waals surface area contributed by atoms with E-state index in [4.69, 9.17) is 9.47 Å². The van der Waals surface area contributed by atoms with E-state index in [-0.39, 0.29) is 107 Å². The molecular formula is C94H98F10N16O14. The SMILES string of the molecule is CC1(C)OCCN(c2ccc3c(c2)nc(NC(=O)c2cccc(C(F)(F)F)c2)n3CCCO)C1=O.CC1(C)OCCN(c2ccc3c(c2)nc(NC(=O)c2cccc(C(F)F)c2)n3CCCO)C1=O.O=C(Nc1nc2cc(N3CCCCC3=O)ccc2n1CCCO)c1cccc(C(F)(F)F)c1.O=C(Nc1nc2cc(N3CCCCC3=O)ccc2n1CCCO)c1cccc(C(F)F)c1. The van der Waals surface area contributed by atoms with Crippen LogP contribution in [-0.4, -0.2) is 183 Å². The molecule has 134 heavy (non-hydrogen) atoms. The quantitative estimate of drug-likeness (QED) is 0.0233. The van der Waals surface area contributed by atoms with Crippen molar-refractivity contribution in [2.24, 2.45) is 0 Å². The molecule has 708 valence electrons. The van der Waals surface area contributed by atoms with Crippen LogP contribution in [0, 0.1) is 0 Å². The zero-order valence-corrected chi connectivity index (χ0v) is 73.3. The van der Waals surface area contributed by atoms with Crippen molar-refractivity contribution in [1.82, 2.24) is 38.2 Å². The van der Waals surface area contributed by atoms with Gasteiger partial charge in [0.2, 0.25) is 35.6 Å². The van der Waals surface area contributed by atoms with Gasteiger partial charge in [0.15, 0.2) is 0 Å². The van der Waals surface area contributed by atoms with Crippen LogP contribution in [0.5, 0.6) is 0 Å². The number of imidazole rings is 4. The number of hydrogen-bond donors (Lipinski definition) is 8. The normalized spacial score (nSPS) is 15.3. The van der Waals surface area contributed by atoms with E-state index in [0.717, 1.165) is 73.3 Å². The van der Waals surface area contributed by atoms with Crippen LogP contribution in [0.2, 0.25) is 0 Å². The molecule has 0 unspecified atom stereocenters. The number of rotatable bonds is 26. The van der Waals surface area contributed by atoms with E-state index in [1.807, 2.05) is 12.1 Å². The largest absolute Gasteiger partial charge is 0.416 e. The van der Waals surface area contributed by atoms with E-state index in [0.29, 0.717) is 160 Å². The number of halogens is 10. The third kappa shape index (κ3) is 23.0. The molecule has 4 fully saturated rings. The van der Waals surface area contributed by atoms with Gasteiger partial charge in [-0.3, -0.25) is 59.6 Å². The second-order valence-electron chi connectivity index (χ2n) is 32.8. The maximum absolute atomic E-state index is 13.1. The maximum atomic E-state index is 13.1. The number of alkyl halides is 10. The number of aliphatic hydroxyl groups is 4. The highest BCUT2D eigenvalue weighted by Gasteiger charge is 2.40. The summed E-state index contributed by atoms with van der Waals surface area (Å²) in [6, 6.07) is 40.3. The number of fused-ring (bicyclic) bond motifs is 4. The third-order valence-corrected chi connectivity index (χ3v) is 22.7. The zero-order chi connectivity index (χ0) is 96.1. The van der Waals surface area contributed by atoms with Crippen molar-refractivity contribution in [2.45, 2.75) is 154 Å². The molecule has 4 aliphatic heterocycles. The summed E-state index contributed by atoms with van der Waals surface area (Å²) in [5.74, 6) is -2.09. The van der Waals surface area contributed by atoms with Crippen molar-refractivity contribution < 1.29 is 112 Å². The van der Waals surface area contributed by atoms with Gasteiger partial charge in [-0.1, -0.05) is 36.4 Å². The summed E-state index contributed by atoms with van der Waals surface area (Å²) >= 11 is 0. The molecule has 0 bridgehead atoms. The fourth-order valence-corrected chi connectivity index (χ4v) is 15.8. The zero-order valence-electron chi connectivity index (χ0n) is 73.3. The number of benzene rings is 8. The molecule has 0 aliphatic carbocycles. The number of morpholine rings is 2. The van der Waals surface area contributed by atoms with Crippen LogP contribution in [0.15, 0.2) is 170 Å². The highest BCUT2D eigenvalue weighted by molar-refractivity contribution is 6.09. The van der Waals surface area contributed by atoms with Gasteiger partial charge >= 0.3 is 12.4 Å². The van der Waals surface area contributed by atoms with Gasteiger partial charge in [0.1, 0.15) is 11.2 Å². The lowest BCUT2D eigenvalue weighted by Crippen LogP contribution is -2.53. The molecule has 8 N–H and O–H groups in total. The van der Waals surface area contributed by atoms with E-state index in [9.17, 15) is 103 Å². The fourth-order valence-electron chi connectivity index (χ4n) is 15.8. The number of aliphatic hydroxyl groups excluding tert-OH is 4. The van der Waals surface area contributed by atoms with E-state index in [1.54, 1.807) is 126 Å². The molecule has 4 saturated heterocycles. The minimum atomic E-state index is -4.58. The van der Waals surface area contributed by atoms with Gasteiger partial charge < -0.3 is 67.8 Å². The van der Waals surface area contributed by atoms with E-state index >= 15 is 0 Å². The molecule has 16 rings (SSSR count). The Morgan fingerprint density at radius 1 is 0.373 bits per heavy atom. The molecule has 12 aromatic rings. The number of amides is 8. The average molecular weight is 1870 g/mol. The van der Waals surface area contributed by atoms with Gasteiger partial charge in [-0.05, 0) is 213 Å². The molecule has 0 atom stereocenters. The number of nitrogens with zero attached hydrogens (tertiary/aromatic N) is 12. The van der Waals surface area contributed by atoms with Crippen LogP contribution in [0.25, 0.3) is 44.1 Å². The smallest absolute Gasteiger partial charge is 0.396 e. The molecule has 30 nitrogen and oxygen atoms in total. The average Bonchev–Trinajstić information content (AvgIpc) is 1.62. The van der Waals surface area contributed by atoms with Crippen molar-refractivity contribution in [3.05, 3.63) is 214 Å². The summed E-state index contributed by atoms with van der Waals surface area (Å²) in [6.45, 7) is 10.8. The molecule has 8 amide bonds. The first-order chi connectivity index (χ1) is 64.0. The van der Waals surface area contributed by atoms with Crippen molar-refractivity contribution in [1.29, 1.82) is 0 Å². The van der Waals surface area contributed by atoms with Crippen molar-refractivity contribution in [3.8, 4) is 0 Å². The summed E-state index contributed by atoms with van der Waals surface area (Å²) in [7, 11) is 0. The number of carbonyl (C=O) groups excluding carboxylic acids is 8. The molecule has 8 heterocycles. The Balaban J connectivity index is 0.000000152. The van der Waals surface area contributed by atoms with Gasteiger partial charge in [-0.2, -0.15) is 26.3 Å². The molecule has 0 saturated carbocycles. The number of hydrogen-bond acceptors (Lipinski definition) is 18. The summed E-state index contributed by atoms with van der Waals surface area (Å²) < 4.78 is 148. The van der Waals surface area contributed by atoms with Crippen molar-refractivity contribution in [3.63, 3.8) is 0 Å². The summed E-state index contributed by atoms with van der Waals surface area (Å²) in [5.41, 5.74) is 3.28. The molecule has 4 aliphatic rings. The number of aryl methyl sites for hydroxylation is 4. The Morgan fingerprint density at radius 3 is 0.918 bits per heavy atom. The Hall–Kier alpha value is -13.5. The monoisotopic (exact) mass is 1860 g/mol. The standard InChI is InChI=1S/C24H25F3N4O4.C24H26F2N4O4.C23H23F3N4O3.C23H24F2N4O3/c1-23(2)21(34)30(10-12-35-23)17-7-8-19-18(14-17)28-22(31(19)9-4-11-32)29-20(33)15-5-3-6-16(13-15)24(25,26)27;1-24(2)22(33)29(10-12-34-24)17-7-8-19-18(14-17)27-23(30(19)9-4-11-31)28-21(32)16-6-3-5-15(13-16)20(25)26;24-23(25,26)16-6-3-5-15(13-16)21(33)28-22-27-18-14-17(29-10-2-1-7-20(29)32)8-9-19(18)30(22)11-4-12-31;24-21(25)15-5-3-6-16(13-15)22(32)27-23-26-18-14-17(28-10-2-1-7-20(28)31)8-9-19(18)29(23)11-4-12-30/h3,5-8,13-14,32H,4,9-12H2,1-2H3,(H,28,29,33);3,5-8,13-14,20,31H,4,9-12H2,1-2H3,(H,27,28,32);3,5-6,8-9,13-14,31H,1-2,4,7,10-12H2,(H,27,28,33);3,5-6,8-9,13-14,21,30H,1-2,4,7,10-12H2,(H,26,27,32). The number of piperidine rings is 2. The number of aromatic nitrogens is 8. The van der Waals surface area contributed by atoms with Crippen LogP contribution in [0.3, 0.4) is 0 Å². The first kappa shape index (κ1) is 98.0. The fraction of sp³-hybridized carbons (Fsp3) is 0.362. The minimum Gasteiger partial charge on any atom is -0.396 e. The number of anilines is 8. The lowest BCUT2D eigenvalue weighted by atomic mass is 10.1. The van der Waals surface area contributed by atoms with E-state index in [1.165, 1.54) is 60.7 Å². The van der Waals surface area contributed by atoms with Crippen molar-refractivity contribution in [2.75, 3.05) is 107 Å². The summed E-state index contributed by atoms with van der Waals surface area (Å²) in [6.07, 6.45) is -8.27. The molecule has 40 heteroatoms. The van der Waals surface area contributed by atoms with Crippen molar-refractivity contribution >= 4 is 138 Å². The Bertz CT molecular complexity index is 6330. The first-order valence-corrected chi connectivity index (χ1v) is 43.3. The molecule has 8 aromatic carbocycles. The second-order valence-corrected chi connectivity index (χ2v) is 32.8. The van der Waals surface area contributed by atoms with E-state index in [2.05, 4.69) is 41.2 Å². The highest BCUT2D eigenvalue weighted by atomic mass is 19.4. The molecule has 0 spiro atoms. The van der Waals surface area contributed by atoms with E-state index < -0.39 is 71.2 Å². The van der Waals surface area contributed by atoms with Crippen LogP contribution in [-0.2, 0) is 67.2 Å². The Kier molecular flexibility index (Phi) is 31.1. The van der Waals surface area contributed by atoms with Gasteiger partial charge in [0.05, 0.1) is 68.5 Å². The van der Waals surface area contributed by atoms with Gasteiger partial charge in [0.25, 0.3) is 48.3 Å². The topological polar surface area (TPSA) is 368 Å². The van der Waals surface area contributed by atoms with Crippen LogP contribution in [0.1, 0.15) is 168 Å². The predicted octanol–water partition coefficient (Wildman–Crippen LogP) is 15.9. The predicted molar refractivity (Wildman–Crippen MR) is 480 cm³/mol. The number of nitrogens with one attached hydrogen (secondary N) is 4. The van der Waals surface area contributed by atoms with Gasteiger partial charge in [-0.25, -0.2) is 37.5 Å². The van der Waals surface area contributed by atoms with Crippen LogP contribution < -0.4 is 40.9 Å². The van der Waals surface area contributed by atoms with Crippen LogP contribution >= 0.6 is 0 Å². The summed E-state index contributed by atoms with van der Waals surface area (Å²) in [5, 5.41) is 47.7. The first-order valence-electron chi connectivity index (χ1n) is 43.3. The number of ether oxygens (including phenoxy) is 2. The highest BCUT2D eigenvalue weighted by Crippen LogP contribution is 2.38. The van der Waals surface area contributed by atoms with Gasteiger partial charge in [-0.15, -0.1) is 0 Å². The Morgan fingerprint density at radius 2 is 0.649 bits per heavy atom.